The van der Waals surface area contributed by atoms with E-state index >= 15 is 0 Å². The Morgan fingerprint density at radius 1 is 0.974 bits per heavy atom. The molecule has 1 amide bonds. The summed E-state index contributed by atoms with van der Waals surface area (Å²) in [5.74, 6) is 0.305. The molecular formula is C28H42N6O3Sn. The summed E-state index contributed by atoms with van der Waals surface area (Å²) in [5.41, 5.74) is 2.12. The van der Waals surface area contributed by atoms with Crippen molar-refractivity contribution in [3.05, 3.63) is 36.8 Å². The van der Waals surface area contributed by atoms with E-state index in [9.17, 15) is 9.90 Å². The zero-order chi connectivity index (χ0) is 27.0. The van der Waals surface area contributed by atoms with E-state index in [4.69, 9.17) is 9.72 Å². The molecule has 4 rings (SSSR count). The second-order valence-corrected chi connectivity index (χ2v) is 23.3. The van der Waals surface area contributed by atoms with Crippen molar-refractivity contribution in [2.24, 2.45) is 0 Å². The van der Waals surface area contributed by atoms with Gasteiger partial charge >= 0.3 is 226 Å². The van der Waals surface area contributed by atoms with Crippen LogP contribution in [-0.2, 0) is 4.74 Å². The first-order valence-corrected chi connectivity index (χ1v) is 21.7. The van der Waals surface area contributed by atoms with Crippen LogP contribution in [0.1, 0.15) is 59.3 Å². The number of rotatable bonds is 13. The number of anilines is 3. The number of unbranched alkanes of at least 4 members (excludes halogenated alkanes) is 3. The van der Waals surface area contributed by atoms with Crippen LogP contribution < -0.4 is 13.5 Å². The predicted octanol–water partition coefficient (Wildman–Crippen LogP) is 5.83. The molecule has 1 aliphatic heterocycles. The minimum absolute atomic E-state index is 0.305. The second-order valence-electron chi connectivity index (χ2n) is 10.3. The fourth-order valence-electron chi connectivity index (χ4n) is 5.59. The van der Waals surface area contributed by atoms with Crippen LogP contribution in [0.4, 0.5) is 22.0 Å². The maximum atomic E-state index is 12.6. The molecule has 0 spiro atoms. The summed E-state index contributed by atoms with van der Waals surface area (Å²) in [6.07, 6.45) is 9.59. The average Bonchev–Trinajstić information content (AvgIpc) is 3.44. The topological polar surface area (TPSA) is 96.1 Å². The fourth-order valence-corrected chi connectivity index (χ4v) is 21.5. The van der Waals surface area contributed by atoms with E-state index in [-0.39, 0.29) is 0 Å². The summed E-state index contributed by atoms with van der Waals surface area (Å²) >= 11 is -2.90. The van der Waals surface area contributed by atoms with Crippen LogP contribution in [0, 0.1) is 0 Å². The summed E-state index contributed by atoms with van der Waals surface area (Å²) in [7, 11) is 0. The number of amides is 1. The van der Waals surface area contributed by atoms with Crippen LogP contribution in [0.2, 0.25) is 13.3 Å². The molecule has 0 unspecified atom stereocenters. The average molecular weight is 629 g/mol. The molecule has 0 bridgehead atoms. The Morgan fingerprint density at radius 2 is 1.58 bits per heavy atom. The number of morpholine rings is 1. The summed E-state index contributed by atoms with van der Waals surface area (Å²) in [4.78, 5) is 25.4. The van der Waals surface area contributed by atoms with E-state index in [2.05, 4.69) is 35.8 Å². The third-order valence-corrected chi connectivity index (χ3v) is 23.0. The summed E-state index contributed by atoms with van der Waals surface area (Å²) in [6.45, 7) is 9.84. The Kier molecular flexibility index (Phi) is 10.2. The van der Waals surface area contributed by atoms with Crippen LogP contribution in [0.5, 0.6) is 0 Å². The standard InChI is InChI=1S/C16H15N6O3.3C4H9.Sn/c23-16(24)22(15-14-18-11-19-21(14)6-5-17-15)13-3-1-12(2-4-13)20-7-9-25-10-8-20;3*1-3-4-2;/h1-5,11H,7-10H2,(H,23,24);3*1,3-4H2,2H3;. The molecule has 10 heteroatoms. The molecule has 3 aromatic rings. The van der Waals surface area contributed by atoms with Crippen LogP contribution >= 0.6 is 0 Å². The van der Waals surface area contributed by atoms with Crippen molar-refractivity contribution in [3.63, 3.8) is 0 Å². The zero-order valence-electron chi connectivity index (χ0n) is 23.1. The number of carboxylic acid groups (broad SMARTS) is 1. The van der Waals surface area contributed by atoms with E-state index in [1.807, 2.05) is 35.0 Å². The van der Waals surface area contributed by atoms with Crippen molar-refractivity contribution in [1.82, 2.24) is 19.6 Å². The van der Waals surface area contributed by atoms with Crippen molar-refractivity contribution >= 4 is 51.0 Å². The SMILES string of the molecule is CCC[CH2][Sn]([CH2]CCC)([CH2]CCC)[c]1cnc(N(C(=O)O)c2ccc(N3CCOCC3)cc2)c2ncnn12. The molecular weight excluding hydrogens is 587 g/mol. The maximum absolute atomic E-state index is 12.6. The fraction of sp³-hybridized carbons (Fsp3) is 0.571. The third kappa shape index (κ3) is 6.25. The van der Waals surface area contributed by atoms with Gasteiger partial charge in [-0.1, -0.05) is 0 Å². The molecule has 2 aromatic heterocycles. The molecule has 1 saturated heterocycles. The van der Waals surface area contributed by atoms with Crippen molar-refractivity contribution < 1.29 is 14.6 Å². The van der Waals surface area contributed by atoms with Gasteiger partial charge in [0.1, 0.15) is 0 Å². The second kappa shape index (κ2) is 13.6. The number of ether oxygens (including phenoxy) is 1. The van der Waals surface area contributed by atoms with E-state index in [1.54, 1.807) is 6.33 Å². The summed E-state index contributed by atoms with van der Waals surface area (Å²) < 4.78 is 12.5. The number of fused-ring (bicyclic) bond motifs is 1. The van der Waals surface area contributed by atoms with Gasteiger partial charge in [-0.3, -0.25) is 0 Å². The molecule has 1 fully saturated rings. The van der Waals surface area contributed by atoms with Gasteiger partial charge in [-0.2, -0.15) is 0 Å². The minimum atomic E-state index is -2.90. The molecule has 0 radical (unpaired) electrons. The number of carbonyl (C=O) groups is 1. The van der Waals surface area contributed by atoms with Crippen molar-refractivity contribution in [2.75, 3.05) is 36.1 Å². The Hall–Kier alpha value is -2.40. The van der Waals surface area contributed by atoms with Gasteiger partial charge in [-0.05, 0) is 0 Å². The van der Waals surface area contributed by atoms with Crippen LogP contribution in [-0.4, -0.2) is 75.5 Å². The Bertz CT molecular complexity index is 1160. The number of aromatic nitrogens is 4. The van der Waals surface area contributed by atoms with Gasteiger partial charge in [0.05, 0.1) is 0 Å². The Labute approximate surface area is 230 Å². The predicted molar refractivity (Wildman–Crippen MR) is 155 cm³/mol. The summed E-state index contributed by atoms with van der Waals surface area (Å²) in [6, 6.07) is 7.62. The monoisotopic (exact) mass is 630 g/mol. The van der Waals surface area contributed by atoms with Crippen molar-refractivity contribution in [2.45, 2.75) is 72.6 Å². The molecule has 0 aliphatic carbocycles. The summed E-state index contributed by atoms with van der Waals surface area (Å²) in [5, 5.41) is 14.9. The molecule has 3 heterocycles. The Morgan fingerprint density at radius 3 is 2.13 bits per heavy atom. The molecule has 1 aromatic carbocycles. The van der Waals surface area contributed by atoms with Gasteiger partial charge in [0.15, 0.2) is 0 Å². The third-order valence-electron chi connectivity index (χ3n) is 7.74. The molecule has 0 atom stereocenters. The first kappa shape index (κ1) is 28.6. The van der Waals surface area contributed by atoms with E-state index in [0.717, 1.165) is 18.8 Å². The Balaban J connectivity index is 1.75. The van der Waals surface area contributed by atoms with Gasteiger partial charge in [0, 0.05) is 0 Å². The number of benzene rings is 1. The number of nitrogens with zero attached hydrogens (tertiary/aromatic N) is 6. The quantitative estimate of drug-likeness (QED) is 0.238. The van der Waals surface area contributed by atoms with Crippen LogP contribution in [0.25, 0.3) is 5.65 Å². The van der Waals surface area contributed by atoms with Gasteiger partial charge < -0.3 is 4.74 Å². The molecule has 0 saturated carbocycles. The molecule has 1 aliphatic rings. The van der Waals surface area contributed by atoms with Crippen molar-refractivity contribution in [1.29, 1.82) is 0 Å². The molecule has 1 N–H and O–H groups in total. The van der Waals surface area contributed by atoms with Crippen LogP contribution in [0.3, 0.4) is 0 Å². The molecule has 9 nitrogen and oxygen atoms in total. The first-order valence-electron chi connectivity index (χ1n) is 14.2. The number of hydrogen-bond donors (Lipinski definition) is 1. The van der Waals surface area contributed by atoms with E-state index in [0.29, 0.717) is 30.4 Å². The first-order chi connectivity index (χ1) is 18.5. The van der Waals surface area contributed by atoms with Gasteiger partial charge in [0.25, 0.3) is 0 Å². The normalized spacial score (nSPS) is 14.2. The van der Waals surface area contributed by atoms with E-state index in [1.165, 1.54) is 60.4 Å². The van der Waals surface area contributed by atoms with Gasteiger partial charge in [0.2, 0.25) is 0 Å². The van der Waals surface area contributed by atoms with Gasteiger partial charge in [-0.25, -0.2) is 0 Å². The number of hydrogen-bond acceptors (Lipinski definition) is 6. The van der Waals surface area contributed by atoms with E-state index < -0.39 is 24.5 Å². The van der Waals surface area contributed by atoms with Crippen LogP contribution in [0.15, 0.2) is 36.8 Å². The zero-order valence-corrected chi connectivity index (χ0v) is 26.0. The molecule has 38 heavy (non-hydrogen) atoms. The van der Waals surface area contributed by atoms with Crippen molar-refractivity contribution in [3.8, 4) is 0 Å². The van der Waals surface area contributed by atoms with Gasteiger partial charge in [-0.15, -0.1) is 0 Å². The molecule has 206 valence electrons.